The fraction of sp³-hybridized carbons (Fsp3) is 0.667. The zero-order valence-electron chi connectivity index (χ0n) is 5.81. The van der Waals surface area contributed by atoms with Crippen LogP contribution in [-0.4, -0.2) is 18.6 Å². The van der Waals surface area contributed by atoms with E-state index in [9.17, 15) is 0 Å². The van der Waals surface area contributed by atoms with Gasteiger partial charge in [0.1, 0.15) is 0 Å². The van der Waals surface area contributed by atoms with E-state index in [0.29, 0.717) is 6.67 Å². The first-order valence-corrected chi connectivity index (χ1v) is 2.76. The van der Waals surface area contributed by atoms with Gasteiger partial charge in [-0.2, -0.15) is 0 Å². The molecule has 0 aliphatic carbocycles. The van der Waals surface area contributed by atoms with Crippen LogP contribution in [0.4, 0.5) is 0 Å². The maximum Gasteiger partial charge on any atom is 0.0650 e. The molecule has 0 radical (unpaired) electrons. The first-order chi connectivity index (χ1) is 3.72. The minimum absolute atomic E-state index is 0.593. The third kappa shape index (κ3) is 1.98. The van der Waals surface area contributed by atoms with Crippen molar-refractivity contribution in [1.82, 2.24) is 4.90 Å². The summed E-state index contributed by atoms with van der Waals surface area (Å²) in [5, 5.41) is 0. The highest BCUT2D eigenvalue weighted by Crippen LogP contribution is 1.94. The highest BCUT2D eigenvalue weighted by molar-refractivity contribution is 4.92. The van der Waals surface area contributed by atoms with Crippen LogP contribution in [-0.2, 0) is 0 Å². The summed E-state index contributed by atoms with van der Waals surface area (Å²) in [6.45, 7) is 4.63. The summed E-state index contributed by atoms with van der Waals surface area (Å²) in [7, 11) is 1.97. The number of hydrogen-bond donors (Lipinski definition) is 1. The van der Waals surface area contributed by atoms with Crippen LogP contribution in [0.3, 0.4) is 0 Å². The molecule has 2 N–H and O–H groups in total. The number of allylic oxidation sites excluding steroid dienone is 2. The number of nitrogens with zero attached hydrogens (tertiary/aromatic N) is 1. The number of hydrogen-bond acceptors (Lipinski definition) is 2. The van der Waals surface area contributed by atoms with Crippen molar-refractivity contribution in [1.29, 1.82) is 0 Å². The van der Waals surface area contributed by atoms with Gasteiger partial charge in [0, 0.05) is 12.7 Å². The molecule has 0 aliphatic heterocycles. The van der Waals surface area contributed by atoms with Crippen LogP contribution in [0.15, 0.2) is 11.8 Å². The lowest BCUT2D eigenvalue weighted by molar-refractivity contribution is 0.431. The van der Waals surface area contributed by atoms with Crippen LogP contribution in [0.5, 0.6) is 0 Å². The normalized spacial score (nSPS) is 11.8. The van der Waals surface area contributed by atoms with E-state index in [1.165, 1.54) is 5.70 Å². The molecule has 2 nitrogen and oxygen atoms in total. The highest BCUT2D eigenvalue weighted by atomic mass is 15.1. The van der Waals surface area contributed by atoms with Gasteiger partial charge < -0.3 is 10.6 Å². The molecule has 0 atom stereocenters. The molecule has 0 aromatic carbocycles. The van der Waals surface area contributed by atoms with Crippen molar-refractivity contribution >= 4 is 0 Å². The second-order valence-corrected chi connectivity index (χ2v) is 1.81. The highest BCUT2D eigenvalue weighted by Gasteiger charge is 1.89. The molecule has 0 aromatic heterocycles. The van der Waals surface area contributed by atoms with Gasteiger partial charge in [-0.15, -0.1) is 0 Å². The molecule has 0 heterocycles. The van der Waals surface area contributed by atoms with E-state index in [0.717, 1.165) is 0 Å². The molecule has 0 unspecified atom stereocenters. The van der Waals surface area contributed by atoms with Gasteiger partial charge in [-0.05, 0) is 13.8 Å². The Bertz CT molecular complexity index is 86.5. The molecule has 0 rings (SSSR count). The molecule has 2 heteroatoms. The van der Waals surface area contributed by atoms with Crippen LogP contribution in [0, 0.1) is 0 Å². The Morgan fingerprint density at radius 3 is 2.38 bits per heavy atom. The van der Waals surface area contributed by atoms with Crippen molar-refractivity contribution < 1.29 is 0 Å². The van der Waals surface area contributed by atoms with E-state index in [2.05, 4.69) is 0 Å². The summed E-state index contributed by atoms with van der Waals surface area (Å²) in [6, 6.07) is 0. The summed E-state index contributed by atoms with van der Waals surface area (Å²) in [4.78, 5) is 1.99. The molecule has 48 valence electrons. The molecule has 8 heavy (non-hydrogen) atoms. The van der Waals surface area contributed by atoms with Gasteiger partial charge >= 0.3 is 0 Å². The van der Waals surface area contributed by atoms with Gasteiger partial charge in [-0.3, -0.25) is 0 Å². The number of nitrogens with two attached hydrogens (primary N) is 1. The molecule has 0 amide bonds. The average Bonchev–Trinajstić information content (AvgIpc) is 1.84. The minimum atomic E-state index is 0.593. The number of rotatable bonds is 2. The van der Waals surface area contributed by atoms with Crippen molar-refractivity contribution in [3.8, 4) is 0 Å². The summed E-state index contributed by atoms with van der Waals surface area (Å²) in [5.41, 5.74) is 6.55. The van der Waals surface area contributed by atoms with Crippen LogP contribution in [0.25, 0.3) is 0 Å². The quantitative estimate of drug-likeness (QED) is 0.537. The first kappa shape index (κ1) is 7.50. The van der Waals surface area contributed by atoms with E-state index >= 15 is 0 Å². The molecule has 0 saturated carbocycles. The molecule has 0 bridgehead atoms. The van der Waals surface area contributed by atoms with Crippen molar-refractivity contribution in [3.05, 3.63) is 11.8 Å². The smallest absolute Gasteiger partial charge is 0.0650 e. The molecule has 0 fully saturated rings. The minimum Gasteiger partial charge on any atom is -0.366 e. The zero-order chi connectivity index (χ0) is 6.57. The predicted molar refractivity (Wildman–Crippen MR) is 36.2 cm³/mol. The average molecular weight is 114 g/mol. The Morgan fingerprint density at radius 2 is 2.25 bits per heavy atom. The molecule has 0 saturated heterocycles. The Morgan fingerprint density at radius 1 is 1.75 bits per heavy atom. The van der Waals surface area contributed by atoms with Gasteiger partial charge in [0.15, 0.2) is 0 Å². The molecular weight excluding hydrogens is 100 g/mol. The third-order valence-corrected chi connectivity index (χ3v) is 1.29. The fourth-order valence-corrected chi connectivity index (χ4v) is 0.364. The summed E-state index contributed by atoms with van der Waals surface area (Å²) >= 11 is 0. The van der Waals surface area contributed by atoms with E-state index in [-0.39, 0.29) is 0 Å². The van der Waals surface area contributed by atoms with Gasteiger partial charge in [-0.25, -0.2) is 0 Å². The Labute approximate surface area is 51.0 Å². The van der Waals surface area contributed by atoms with Crippen molar-refractivity contribution in [2.45, 2.75) is 13.8 Å². The third-order valence-electron chi connectivity index (χ3n) is 1.29. The van der Waals surface area contributed by atoms with Crippen LogP contribution in [0.1, 0.15) is 13.8 Å². The van der Waals surface area contributed by atoms with E-state index in [1.807, 2.05) is 31.9 Å². The topological polar surface area (TPSA) is 29.3 Å². The monoisotopic (exact) mass is 114 g/mol. The Balaban J connectivity index is 3.63. The Hall–Kier alpha value is -0.500. The van der Waals surface area contributed by atoms with Gasteiger partial charge in [-0.1, -0.05) is 6.08 Å². The maximum absolute atomic E-state index is 5.33. The second kappa shape index (κ2) is 3.50. The van der Waals surface area contributed by atoms with Gasteiger partial charge in [0.05, 0.1) is 6.67 Å². The first-order valence-electron chi connectivity index (χ1n) is 2.76. The zero-order valence-corrected chi connectivity index (χ0v) is 5.81. The standard InChI is InChI=1S/C6H14N2/c1-4-6(2)8(3)5-7/h4H,5,7H2,1-3H3/b6-4+. The van der Waals surface area contributed by atoms with Crippen molar-refractivity contribution in [3.63, 3.8) is 0 Å². The second-order valence-electron chi connectivity index (χ2n) is 1.81. The summed E-state index contributed by atoms with van der Waals surface area (Å²) < 4.78 is 0. The lowest BCUT2D eigenvalue weighted by Gasteiger charge is -2.15. The van der Waals surface area contributed by atoms with Crippen molar-refractivity contribution in [2.24, 2.45) is 5.73 Å². The fourth-order valence-electron chi connectivity index (χ4n) is 0.364. The summed E-state index contributed by atoms with van der Waals surface area (Å²) in [6.07, 6.45) is 2.03. The Kier molecular flexibility index (Phi) is 3.28. The molecule has 0 aliphatic rings. The van der Waals surface area contributed by atoms with Gasteiger partial charge in [0.2, 0.25) is 0 Å². The van der Waals surface area contributed by atoms with Crippen molar-refractivity contribution in [2.75, 3.05) is 13.7 Å². The largest absolute Gasteiger partial charge is 0.366 e. The van der Waals surface area contributed by atoms with Crippen LogP contribution < -0.4 is 5.73 Å². The lowest BCUT2D eigenvalue weighted by Crippen LogP contribution is -2.23. The van der Waals surface area contributed by atoms with E-state index in [4.69, 9.17) is 5.73 Å². The SMILES string of the molecule is C/C=C(\C)N(C)CN. The predicted octanol–water partition coefficient (Wildman–Crippen LogP) is 0.758. The van der Waals surface area contributed by atoms with Gasteiger partial charge in [0.25, 0.3) is 0 Å². The summed E-state index contributed by atoms with van der Waals surface area (Å²) in [5.74, 6) is 0. The lowest BCUT2D eigenvalue weighted by atomic mass is 10.4. The van der Waals surface area contributed by atoms with E-state index < -0.39 is 0 Å². The molecule has 0 spiro atoms. The molecule has 0 aromatic rings. The maximum atomic E-state index is 5.33. The van der Waals surface area contributed by atoms with Crippen LogP contribution in [0.2, 0.25) is 0 Å². The van der Waals surface area contributed by atoms with E-state index in [1.54, 1.807) is 0 Å². The van der Waals surface area contributed by atoms with Crippen LogP contribution >= 0.6 is 0 Å². The molecular formula is C6H14N2.